The van der Waals surface area contributed by atoms with E-state index in [-0.39, 0.29) is 12.1 Å². The van der Waals surface area contributed by atoms with E-state index >= 15 is 0 Å². The first-order valence-electron chi connectivity index (χ1n) is 6.59. The van der Waals surface area contributed by atoms with Crippen LogP contribution in [-0.4, -0.2) is 31.1 Å². The molecule has 1 unspecified atom stereocenters. The van der Waals surface area contributed by atoms with Crippen LogP contribution < -0.4 is 5.32 Å². The van der Waals surface area contributed by atoms with Crippen LogP contribution in [0.4, 0.5) is 0 Å². The second-order valence-electron chi connectivity index (χ2n) is 4.72. The molecule has 3 heteroatoms. The molecule has 1 aromatic carbocycles. The maximum Gasteiger partial charge on any atom is 0.253 e. The molecule has 1 aromatic rings. The van der Waals surface area contributed by atoms with Crippen LogP contribution in [0.15, 0.2) is 24.3 Å². The van der Waals surface area contributed by atoms with Crippen LogP contribution in [0.25, 0.3) is 0 Å². The molecular formula is C15H23N2O. The molecule has 18 heavy (non-hydrogen) atoms. The SMILES string of the molecule is CCCCCC(NC(=O)c1[c]cccc1)N(C)C. The Bertz CT molecular complexity index is 349. The summed E-state index contributed by atoms with van der Waals surface area (Å²) in [6.07, 6.45) is 4.62. The lowest BCUT2D eigenvalue weighted by atomic mass is 10.1. The van der Waals surface area contributed by atoms with Gasteiger partial charge in [0.25, 0.3) is 5.91 Å². The Morgan fingerprint density at radius 1 is 1.39 bits per heavy atom. The number of nitrogens with one attached hydrogen (secondary N) is 1. The fourth-order valence-electron chi connectivity index (χ4n) is 1.81. The van der Waals surface area contributed by atoms with E-state index in [4.69, 9.17) is 0 Å². The van der Waals surface area contributed by atoms with E-state index in [1.54, 1.807) is 12.1 Å². The highest BCUT2D eigenvalue weighted by molar-refractivity contribution is 5.93. The molecular weight excluding hydrogens is 224 g/mol. The number of carbonyl (C=O) groups excluding carboxylic acids is 1. The van der Waals surface area contributed by atoms with Gasteiger partial charge >= 0.3 is 0 Å². The van der Waals surface area contributed by atoms with Crippen molar-refractivity contribution < 1.29 is 4.79 Å². The molecule has 1 atom stereocenters. The molecule has 0 spiro atoms. The highest BCUT2D eigenvalue weighted by Crippen LogP contribution is 2.07. The van der Waals surface area contributed by atoms with Gasteiger partial charge in [-0.25, -0.2) is 0 Å². The van der Waals surface area contributed by atoms with Crippen LogP contribution in [-0.2, 0) is 0 Å². The van der Waals surface area contributed by atoms with Gasteiger partial charge in [0.2, 0.25) is 0 Å². The van der Waals surface area contributed by atoms with E-state index in [0.717, 1.165) is 12.8 Å². The van der Waals surface area contributed by atoms with Crippen LogP contribution in [0.3, 0.4) is 0 Å². The molecule has 0 aromatic heterocycles. The molecule has 0 saturated heterocycles. The van der Waals surface area contributed by atoms with E-state index in [0.29, 0.717) is 5.56 Å². The van der Waals surface area contributed by atoms with Gasteiger partial charge in [-0.3, -0.25) is 9.69 Å². The average molecular weight is 247 g/mol. The lowest BCUT2D eigenvalue weighted by Gasteiger charge is -2.25. The van der Waals surface area contributed by atoms with E-state index in [1.807, 2.05) is 26.2 Å². The monoisotopic (exact) mass is 247 g/mol. The van der Waals surface area contributed by atoms with Gasteiger partial charge in [-0.05, 0) is 32.6 Å². The van der Waals surface area contributed by atoms with Crippen molar-refractivity contribution in [3.05, 3.63) is 35.9 Å². The van der Waals surface area contributed by atoms with Gasteiger partial charge in [-0.15, -0.1) is 0 Å². The molecule has 1 rings (SSSR count). The maximum absolute atomic E-state index is 12.0. The number of rotatable bonds is 7. The number of nitrogens with zero attached hydrogens (tertiary/aromatic N) is 1. The summed E-state index contributed by atoms with van der Waals surface area (Å²) in [5, 5.41) is 3.05. The minimum atomic E-state index is -0.0502. The predicted octanol–water partition coefficient (Wildman–Crippen LogP) is 2.68. The van der Waals surface area contributed by atoms with Crippen molar-refractivity contribution in [3.8, 4) is 0 Å². The van der Waals surface area contributed by atoms with Gasteiger partial charge in [0.05, 0.1) is 6.17 Å². The lowest BCUT2D eigenvalue weighted by molar-refractivity contribution is 0.0882. The maximum atomic E-state index is 12.0. The van der Waals surface area contributed by atoms with Gasteiger partial charge < -0.3 is 5.32 Å². The predicted molar refractivity (Wildman–Crippen MR) is 74.4 cm³/mol. The Hall–Kier alpha value is -1.35. The quantitative estimate of drug-likeness (QED) is 0.593. The van der Waals surface area contributed by atoms with E-state index < -0.39 is 0 Å². The average Bonchev–Trinajstić information content (AvgIpc) is 2.38. The Balaban J connectivity index is 2.53. The van der Waals surface area contributed by atoms with Crippen molar-refractivity contribution in [1.82, 2.24) is 10.2 Å². The molecule has 0 aliphatic carbocycles. The normalized spacial score (nSPS) is 12.4. The standard InChI is InChI=1S/C15H23N2O/c1-4-5-7-12-14(17(2)3)16-15(18)13-10-8-6-9-11-13/h6,8-10,14H,4-5,7,12H2,1-3H3,(H,16,18). The number of hydrogen-bond donors (Lipinski definition) is 1. The summed E-state index contributed by atoms with van der Waals surface area (Å²) in [4.78, 5) is 14.1. The fourth-order valence-corrected chi connectivity index (χ4v) is 1.81. The molecule has 0 aliphatic rings. The number of unbranched alkanes of at least 4 members (excludes halogenated alkanes) is 2. The smallest absolute Gasteiger partial charge is 0.253 e. The molecule has 1 amide bonds. The number of benzene rings is 1. The van der Waals surface area contributed by atoms with E-state index in [1.165, 1.54) is 12.8 Å². The van der Waals surface area contributed by atoms with Crippen LogP contribution in [0.1, 0.15) is 43.0 Å². The molecule has 0 saturated carbocycles. The Morgan fingerprint density at radius 2 is 2.17 bits per heavy atom. The number of hydrogen-bond acceptors (Lipinski definition) is 2. The van der Waals surface area contributed by atoms with Gasteiger partial charge in [0, 0.05) is 5.56 Å². The zero-order chi connectivity index (χ0) is 13.4. The summed E-state index contributed by atoms with van der Waals surface area (Å²) in [5.41, 5.74) is 0.597. The molecule has 0 bridgehead atoms. The van der Waals surface area contributed by atoms with Crippen LogP contribution in [0.5, 0.6) is 0 Å². The Kier molecular flexibility index (Phi) is 6.44. The second kappa shape index (κ2) is 7.88. The third-order valence-electron chi connectivity index (χ3n) is 2.96. The zero-order valence-corrected chi connectivity index (χ0v) is 11.6. The molecule has 1 radical (unpaired) electrons. The molecule has 0 fully saturated rings. The highest BCUT2D eigenvalue weighted by atomic mass is 16.1. The van der Waals surface area contributed by atoms with Gasteiger partial charge in [-0.1, -0.05) is 44.4 Å². The Labute approximate surface area is 110 Å². The molecule has 0 aliphatic heterocycles. The Morgan fingerprint density at radius 3 is 2.72 bits per heavy atom. The lowest BCUT2D eigenvalue weighted by Crippen LogP contribution is -2.44. The summed E-state index contributed by atoms with van der Waals surface area (Å²) >= 11 is 0. The van der Waals surface area contributed by atoms with Gasteiger partial charge in [0.15, 0.2) is 0 Å². The number of carbonyl (C=O) groups is 1. The molecule has 0 heterocycles. The van der Waals surface area contributed by atoms with E-state index in [9.17, 15) is 4.79 Å². The third-order valence-corrected chi connectivity index (χ3v) is 2.96. The van der Waals surface area contributed by atoms with Crippen molar-refractivity contribution >= 4 is 5.91 Å². The third kappa shape index (κ3) is 4.88. The van der Waals surface area contributed by atoms with Crippen molar-refractivity contribution in [1.29, 1.82) is 0 Å². The molecule has 3 nitrogen and oxygen atoms in total. The van der Waals surface area contributed by atoms with Crippen LogP contribution >= 0.6 is 0 Å². The zero-order valence-electron chi connectivity index (χ0n) is 11.6. The largest absolute Gasteiger partial charge is 0.336 e. The number of amides is 1. The summed E-state index contributed by atoms with van der Waals surface area (Å²) in [7, 11) is 3.98. The van der Waals surface area contributed by atoms with Crippen LogP contribution in [0.2, 0.25) is 0 Å². The first-order chi connectivity index (χ1) is 8.65. The molecule has 1 N–H and O–H groups in total. The van der Waals surface area contributed by atoms with Gasteiger partial charge in [-0.2, -0.15) is 0 Å². The van der Waals surface area contributed by atoms with Crippen molar-refractivity contribution in [2.24, 2.45) is 0 Å². The summed E-state index contributed by atoms with van der Waals surface area (Å²) < 4.78 is 0. The summed E-state index contributed by atoms with van der Waals surface area (Å²) in [5.74, 6) is -0.0502. The van der Waals surface area contributed by atoms with Gasteiger partial charge in [0.1, 0.15) is 0 Å². The fraction of sp³-hybridized carbons (Fsp3) is 0.533. The van der Waals surface area contributed by atoms with Crippen molar-refractivity contribution in [3.63, 3.8) is 0 Å². The summed E-state index contributed by atoms with van der Waals surface area (Å²) in [6.45, 7) is 2.18. The van der Waals surface area contributed by atoms with E-state index in [2.05, 4.69) is 23.2 Å². The van der Waals surface area contributed by atoms with Crippen LogP contribution in [0, 0.1) is 6.07 Å². The first kappa shape index (κ1) is 14.7. The minimum Gasteiger partial charge on any atom is -0.336 e. The second-order valence-corrected chi connectivity index (χ2v) is 4.72. The summed E-state index contributed by atoms with van der Waals surface area (Å²) in [6, 6.07) is 10.2. The van der Waals surface area contributed by atoms with Crippen molar-refractivity contribution in [2.75, 3.05) is 14.1 Å². The first-order valence-corrected chi connectivity index (χ1v) is 6.59. The van der Waals surface area contributed by atoms with Crippen molar-refractivity contribution in [2.45, 2.75) is 38.8 Å². The molecule has 99 valence electrons. The topological polar surface area (TPSA) is 32.3 Å². The minimum absolute atomic E-state index is 0.0502. The highest BCUT2D eigenvalue weighted by Gasteiger charge is 2.14.